The quantitative estimate of drug-likeness (QED) is 0.905. The molecule has 3 nitrogen and oxygen atoms in total. The zero-order chi connectivity index (χ0) is 12.3. The average molecular weight is 248 g/mol. The lowest BCUT2D eigenvalue weighted by Crippen LogP contribution is -1.96. The Morgan fingerprint density at radius 3 is 2.82 bits per heavy atom. The SMILES string of the molecule is CCc1ccc(OC)c(-c2nc(CN)cs2)c1. The molecule has 2 aromatic rings. The number of aryl methyl sites for hydroxylation is 1. The fraction of sp³-hybridized carbons (Fsp3) is 0.308. The van der Waals surface area contributed by atoms with E-state index in [2.05, 4.69) is 24.0 Å². The van der Waals surface area contributed by atoms with Crippen LogP contribution in [-0.4, -0.2) is 12.1 Å². The Balaban J connectivity index is 2.47. The van der Waals surface area contributed by atoms with Crippen molar-refractivity contribution in [2.24, 2.45) is 5.73 Å². The van der Waals surface area contributed by atoms with Crippen LogP contribution in [0.2, 0.25) is 0 Å². The topological polar surface area (TPSA) is 48.1 Å². The second kappa shape index (κ2) is 5.29. The van der Waals surface area contributed by atoms with Crippen LogP contribution in [-0.2, 0) is 13.0 Å². The number of rotatable bonds is 4. The summed E-state index contributed by atoms with van der Waals surface area (Å²) in [7, 11) is 1.68. The Hall–Kier alpha value is -1.39. The Kier molecular flexibility index (Phi) is 3.76. The van der Waals surface area contributed by atoms with E-state index in [0.29, 0.717) is 6.54 Å². The first kappa shape index (κ1) is 12.1. The highest BCUT2D eigenvalue weighted by Crippen LogP contribution is 2.33. The maximum atomic E-state index is 5.58. The van der Waals surface area contributed by atoms with Gasteiger partial charge in [0.2, 0.25) is 0 Å². The first-order valence-electron chi connectivity index (χ1n) is 5.60. The van der Waals surface area contributed by atoms with Crippen LogP contribution in [0.1, 0.15) is 18.2 Å². The molecule has 0 saturated carbocycles. The van der Waals surface area contributed by atoms with Crippen LogP contribution in [0.25, 0.3) is 10.6 Å². The summed E-state index contributed by atoms with van der Waals surface area (Å²) in [4.78, 5) is 4.50. The van der Waals surface area contributed by atoms with Gasteiger partial charge in [-0.15, -0.1) is 11.3 Å². The molecule has 0 amide bonds. The molecule has 0 saturated heterocycles. The summed E-state index contributed by atoms with van der Waals surface area (Å²) in [5, 5.41) is 2.96. The Labute approximate surface area is 105 Å². The van der Waals surface area contributed by atoms with E-state index in [4.69, 9.17) is 10.5 Å². The van der Waals surface area contributed by atoms with E-state index in [1.54, 1.807) is 18.4 Å². The molecule has 0 spiro atoms. The molecule has 1 aromatic carbocycles. The number of hydrogen-bond acceptors (Lipinski definition) is 4. The predicted molar refractivity (Wildman–Crippen MR) is 71.4 cm³/mol. The number of benzene rings is 1. The predicted octanol–water partition coefficient (Wildman–Crippen LogP) is 2.84. The van der Waals surface area contributed by atoms with Crippen LogP contribution in [0.15, 0.2) is 23.6 Å². The average Bonchev–Trinajstić information content (AvgIpc) is 2.86. The molecule has 0 radical (unpaired) electrons. The van der Waals surface area contributed by atoms with E-state index in [-0.39, 0.29) is 0 Å². The highest BCUT2D eigenvalue weighted by molar-refractivity contribution is 7.13. The number of hydrogen-bond donors (Lipinski definition) is 1. The van der Waals surface area contributed by atoms with Crippen LogP contribution >= 0.6 is 11.3 Å². The minimum Gasteiger partial charge on any atom is -0.496 e. The van der Waals surface area contributed by atoms with E-state index < -0.39 is 0 Å². The van der Waals surface area contributed by atoms with Gasteiger partial charge in [0.25, 0.3) is 0 Å². The molecule has 0 bridgehead atoms. The Morgan fingerprint density at radius 2 is 2.24 bits per heavy atom. The van der Waals surface area contributed by atoms with E-state index in [1.807, 2.05) is 11.4 Å². The van der Waals surface area contributed by atoms with Crippen molar-refractivity contribution in [1.29, 1.82) is 0 Å². The summed E-state index contributed by atoms with van der Waals surface area (Å²) < 4.78 is 5.38. The number of methoxy groups -OCH3 is 1. The molecule has 0 aliphatic carbocycles. The number of aromatic nitrogens is 1. The molecule has 0 aliphatic rings. The third-order valence-corrected chi connectivity index (χ3v) is 3.59. The van der Waals surface area contributed by atoms with Crippen molar-refractivity contribution in [3.63, 3.8) is 0 Å². The second-order valence-corrected chi connectivity index (χ2v) is 4.59. The van der Waals surface area contributed by atoms with Gasteiger partial charge in [0.05, 0.1) is 18.4 Å². The van der Waals surface area contributed by atoms with Crippen molar-refractivity contribution in [3.05, 3.63) is 34.8 Å². The Morgan fingerprint density at radius 1 is 1.41 bits per heavy atom. The molecule has 1 aromatic heterocycles. The maximum Gasteiger partial charge on any atom is 0.129 e. The maximum absolute atomic E-state index is 5.58. The van der Waals surface area contributed by atoms with Crippen LogP contribution < -0.4 is 10.5 Å². The molecule has 17 heavy (non-hydrogen) atoms. The summed E-state index contributed by atoms with van der Waals surface area (Å²) in [6.07, 6.45) is 1.01. The molecule has 2 N–H and O–H groups in total. The van der Waals surface area contributed by atoms with E-state index >= 15 is 0 Å². The molecule has 0 fully saturated rings. The minimum atomic E-state index is 0.478. The van der Waals surface area contributed by atoms with Crippen molar-refractivity contribution in [3.8, 4) is 16.3 Å². The molecule has 4 heteroatoms. The van der Waals surface area contributed by atoms with E-state index in [1.165, 1.54) is 5.56 Å². The van der Waals surface area contributed by atoms with Crippen LogP contribution in [0.3, 0.4) is 0 Å². The molecule has 2 rings (SSSR count). The highest BCUT2D eigenvalue weighted by Gasteiger charge is 2.10. The number of nitrogens with two attached hydrogens (primary N) is 1. The first-order chi connectivity index (χ1) is 8.28. The van der Waals surface area contributed by atoms with Gasteiger partial charge >= 0.3 is 0 Å². The highest BCUT2D eigenvalue weighted by atomic mass is 32.1. The van der Waals surface area contributed by atoms with Crippen LogP contribution in [0.4, 0.5) is 0 Å². The summed E-state index contributed by atoms with van der Waals surface area (Å²) >= 11 is 1.60. The van der Waals surface area contributed by atoms with Crippen molar-refractivity contribution < 1.29 is 4.74 Å². The zero-order valence-electron chi connectivity index (χ0n) is 10.1. The Bertz CT molecular complexity index is 508. The van der Waals surface area contributed by atoms with Crippen molar-refractivity contribution in [2.75, 3.05) is 7.11 Å². The lowest BCUT2D eigenvalue weighted by molar-refractivity contribution is 0.416. The fourth-order valence-corrected chi connectivity index (χ4v) is 2.52. The molecule has 90 valence electrons. The van der Waals surface area contributed by atoms with Gasteiger partial charge in [0, 0.05) is 11.9 Å². The monoisotopic (exact) mass is 248 g/mol. The molecule has 1 heterocycles. The second-order valence-electron chi connectivity index (χ2n) is 3.74. The third kappa shape index (κ3) is 2.48. The number of thiazole rings is 1. The van der Waals surface area contributed by atoms with E-state index in [9.17, 15) is 0 Å². The fourth-order valence-electron chi connectivity index (χ4n) is 1.67. The zero-order valence-corrected chi connectivity index (χ0v) is 10.9. The van der Waals surface area contributed by atoms with Gasteiger partial charge in [-0.3, -0.25) is 0 Å². The van der Waals surface area contributed by atoms with Gasteiger partial charge in [-0.05, 0) is 24.1 Å². The largest absolute Gasteiger partial charge is 0.496 e. The van der Waals surface area contributed by atoms with Crippen molar-refractivity contribution >= 4 is 11.3 Å². The third-order valence-electron chi connectivity index (χ3n) is 2.66. The minimum absolute atomic E-state index is 0.478. The molecular formula is C13H16N2OS. The molecule has 0 aliphatic heterocycles. The van der Waals surface area contributed by atoms with Gasteiger partial charge in [0.1, 0.15) is 10.8 Å². The van der Waals surface area contributed by atoms with Crippen molar-refractivity contribution in [1.82, 2.24) is 4.98 Å². The lowest BCUT2D eigenvalue weighted by atomic mass is 10.1. The molecule has 0 atom stereocenters. The lowest BCUT2D eigenvalue weighted by Gasteiger charge is -2.07. The molecule has 0 unspecified atom stereocenters. The standard InChI is InChI=1S/C13H16N2OS/c1-3-9-4-5-12(16-2)11(6-9)13-15-10(7-14)8-17-13/h4-6,8H,3,7,14H2,1-2H3. The first-order valence-corrected chi connectivity index (χ1v) is 6.48. The van der Waals surface area contributed by atoms with Crippen LogP contribution in [0.5, 0.6) is 5.75 Å². The number of ether oxygens (including phenoxy) is 1. The summed E-state index contributed by atoms with van der Waals surface area (Å²) in [5.74, 6) is 0.861. The smallest absolute Gasteiger partial charge is 0.129 e. The normalized spacial score (nSPS) is 10.5. The summed E-state index contributed by atoms with van der Waals surface area (Å²) in [6.45, 7) is 2.62. The van der Waals surface area contributed by atoms with Gasteiger partial charge in [-0.25, -0.2) is 4.98 Å². The van der Waals surface area contributed by atoms with E-state index in [0.717, 1.165) is 28.4 Å². The van der Waals surface area contributed by atoms with Gasteiger partial charge in [0.15, 0.2) is 0 Å². The van der Waals surface area contributed by atoms with Gasteiger partial charge in [-0.2, -0.15) is 0 Å². The van der Waals surface area contributed by atoms with Gasteiger partial charge in [-0.1, -0.05) is 13.0 Å². The number of nitrogens with zero attached hydrogens (tertiary/aromatic N) is 1. The molecular weight excluding hydrogens is 232 g/mol. The summed E-state index contributed by atoms with van der Waals surface area (Å²) in [6, 6.07) is 6.22. The summed E-state index contributed by atoms with van der Waals surface area (Å²) in [5.41, 5.74) is 8.84. The van der Waals surface area contributed by atoms with Gasteiger partial charge < -0.3 is 10.5 Å². The van der Waals surface area contributed by atoms with Crippen molar-refractivity contribution in [2.45, 2.75) is 19.9 Å². The van der Waals surface area contributed by atoms with Crippen LogP contribution in [0, 0.1) is 0 Å².